The van der Waals surface area contributed by atoms with E-state index in [1.54, 1.807) is 0 Å². The topological polar surface area (TPSA) is 41.4 Å². The minimum Gasteiger partial charge on any atom is -0.339 e. The standard InChI is InChI=1S/C14H24N4O/c1-11-10-15-12(2)18(11)17-8-6-16(7-9-17)13(19)14(3,4)5/h10H,6-9H2,1-5H3. The third kappa shape index (κ3) is 2.74. The van der Waals surface area contributed by atoms with Crippen molar-refractivity contribution < 1.29 is 4.79 Å². The number of hydrogen-bond donors (Lipinski definition) is 0. The molecule has 5 nitrogen and oxygen atoms in total. The molecule has 5 heteroatoms. The lowest BCUT2D eigenvalue weighted by molar-refractivity contribution is -0.139. The highest BCUT2D eigenvalue weighted by atomic mass is 16.2. The fourth-order valence-electron chi connectivity index (χ4n) is 2.55. The highest BCUT2D eigenvalue weighted by Crippen LogP contribution is 2.18. The molecule has 1 aromatic heterocycles. The Bertz CT molecular complexity index is 445. The molecule has 0 N–H and O–H groups in total. The van der Waals surface area contributed by atoms with E-state index in [0.29, 0.717) is 0 Å². The van der Waals surface area contributed by atoms with Gasteiger partial charge in [-0.2, -0.15) is 0 Å². The van der Waals surface area contributed by atoms with E-state index in [1.807, 2.05) is 38.8 Å². The second-order valence-electron chi connectivity index (χ2n) is 6.25. The third-order valence-corrected chi connectivity index (χ3v) is 3.55. The quantitative estimate of drug-likeness (QED) is 0.768. The summed E-state index contributed by atoms with van der Waals surface area (Å²) >= 11 is 0. The number of nitrogens with zero attached hydrogens (tertiary/aromatic N) is 4. The van der Waals surface area contributed by atoms with E-state index in [4.69, 9.17) is 0 Å². The first-order valence-corrected chi connectivity index (χ1v) is 6.86. The normalized spacial score (nSPS) is 16.9. The van der Waals surface area contributed by atoms with Crippen molar-refractivity contribution in [3.8, 4) is 0 Å². The number of carbonyl (C=O) groups is 1. The molecule has 1 aliphatic heterocycles. The molecule has 106 valence electrons. The highest BCUT2D eigenvalue weighted by molar-refractivity contribution is 5.81. The Hall–Kier alpha value is -1.52. The Morgan fingerprint density at radius 2 is 1.74 bits per heavy atom. The minimum absolute atomic E-state index is 0.242. The van der Waals surface area contributed by atoms with Crippen molar-refractivity contribution in [1.29, 1.82) is 0 Å². The molecule has 0 unspecified atom stereocenters. The summed E-state index contributed by atoms with van der Waals surface area (Å²) in [6, 6.07) is 0. The van der Waals surface area contributed by atoms with Crippen molar-refractivity contribution in [3.05, 3.63) is 17.7 Å². The number of aryl methyl sites for hydroxylation is 2. The summed E-state index contributed by atoms with van der Waals surface area (Å²) in [6.45, 7) is 13.3. The average molecular weight is 264 g/mol. The number of amides is 1. The molecule has 0 bridgehead atoms. The fraction of sp³-hybridized carbons (Fsp3) is 0.714. The molecule has 1 aromatic rings. The molecule has 0 saturated carbocycles. The lowest BCUT2D eigenvalue weighted by atomic mass is 9.94. The van der Waals surface area contributed by atoms with Crippen LogP contribution in [-0.4, -0.2) is 46.6 Å². The minimum atomic E-state index is -0.289. The fourth-order valence-corrected chi connectivity index (χ4v) is 2.55. The van der Waals surface area contributed by atoms with E-state index in [9.17, 15) is 4.79 Å². The maximum absolute atomic E-state index is 12.2. The van der Waals surface area contributed by atoms with E-state index in [2.05, 4.69) is 21.6 Å². The Kier molecular flexibility index (Phi) is 3.56. The molecular weight excluding hydrogens is 240 g/mol. The van der Waals surface area contributed by atoms with Crippen molar-refractivity contribution in [3.63, 3.8) is 0 Å². The van der Waals surface area contributed by atoms with Gasteiger partial charge in [0.25, 0.3) is 0 Å². The second kappa shape index (κ2) is 4.87. The van der Waals surface area contributed by atoms with Crippen LogP contribution < -0.4 is 5.01 Å². The van der Waals surface area contributed by atoms with E-state index in [1.165, 1.54) is 0 Å². The molecular formula is C14H24N4O. The predicted molar refractivity (Wildman–Crippen MR) is 75.7 cm³/mol. The van der Waals surface area contributed by atoms with Gasteiger partial charge in [-0.05, 0) is 13.8 Å². The molecule has 1 aliphatic rings. The van der Waals surface area contributed by atoms with Crippen LogP contribution in [0.1, 0.15) is 32.3 Å². The van der Waals surface area contributed by atoms with Gasteiger partial charge in [-0.25, -0.2) is 9.66 Å². The molecule has 1 saturated heterocycles. The average Bonchev–Trinajstić information content (AvgIpc) is 2.67. The zero-order valence-corrected chi connectivity index (χ0v) is 12.6. The van der Waals surface area contributed by atoms with Gasteiger partial charge in [0, 0.05) is 18.5 Å². The number of piperazine rings is 1. The van der Waals surface area contributed by atoms with Crippen LogP contribution in [0.15, 0.2) is 6.20 Å². The lowest BCUT2D eigenvalue weighted by Gasteiger charge is -2.39. The number of hydrogen-bond acceptors (Lipinski definition) is 3. The van der Waals surface area contributed by atoms with Gasteiger partial charge in [-0.1, -0.05) is 20.8 Å². The van der Waals surface area contributed by atoms with E-state index >= 15 is 0 Å². The molecule has 2 rings (SSSR count). The molecule has 19 heavy (non-hydrogen) atoms. The summed E-state index contributed by atoms with van der Waals surface area (Å²) in [5.74, 6) is 1.25. The molecule has 0 spiro atoms. The zero-order valence-electron chi connectivity index (χ0n) is 12.6. The van der Waals surface area contributed by atoms with E-state index < -0.39 is 0 Å². The maximum atomic E-state index is 12.2. The van der Waals surface area contributed by atoms with Gasteiger partial charge in [0.15, 0.2) is 0 Å². The highest BCUT2D eigenvalue weighted by Gasteiger charge is 2.30. The van der Waals surface area contributed by atoms with Crippen molar-refractivity contribution in [1.82, 2.24) is 14.6 Å². The first kappa shape index (κ1) is 13.9. The summed E-state index contributed by atoms with van der Waals surface area (Å²) in [5.41, 5.74) is 0.858. The molecule has 1 fully saturated rings. The van der Waals surface area contributed by atoms with Crippen LogP contribution in [0, 0.1) is 19.3 Å². The summed E-state index contributed by atoms with van der Waals surface area (Å²) in [7, 11) is 0. The number of carbonyl (C=O) groups excluding carboxylic acids is 1. The SMILES string of the molecule is Cc1cnc(C)n1N1CCN(C(=O)C(C)(C)C)CC1. The Morgan fingerprint density at radius 3 is 2.16 bits per heavy atom. The van der Waals surface area contributed by atoms with Gasteiger partial charge in [0.2, 0.25) is 5.91 Å². The monoisotopic (exact) mass is 264 g/mol. The van der Waals surface area contributed by atoms with Crippen LogP contribution in [0.2, 0.25) is 0 Å². The Morgan fingerprint density at radius 1 is 1.16 bits per heavy atom. The molecule has 0 aromatic carbocycles. The van der Waals surface area contributed by atoms with Crippen LogP contribution in [0.25, 0.3) is 0 Å². The van der Waals surface area contributed by atoms with E-state index in [0.717, 1.165) is 37.7 Å². The summed E-state index contributed by atoms with van der Waals surface area (Å²) in [4.78, 5) is 18.5. The summed E-state index contributed by atoms with van der Waals surface area (Å²) < 4.78 is 2.15. The van der Waals surface area contributed by atoms with Crippen LogP contribution in [-0.2, 0) is 4.79 Å². The van der Waals surface area contributed by atoms with Gasteiger partial charge in [0.05, 0.1) is 25.0 Å². The van der Waals surface area contributed by atoms with Crippen LogP contribution in [0.4, 0.5) is 0 Å². The summed E-state index contributed by atoms with van der Waals surface area (Å²) in [5, 5.41) is 2.27. The number of aromatic nitrogens is 2. The predicted octanol–water partition coefficient (Wildman–Crippen LogP) is 1.33. The smallest absolute Gasteiger partial charge is 0.228 e. The van der Waals surface area contributed by atoms with Gasteiger partial charge in [0.1, 0.15) is 5.82 Å². The van der Waals surface area contributed by atoms with Gasteiger partial charge < -0.3 is 9.91 Å². The van der Waals surface area contributed by atoms with Crippen LogP contribution >= 0.6 is 0 Å². The van der Waals surface area contributed by atoms with Gasteiger partial charge >= 0.3 is 0 Å². The molecule has 0 atom stereocenters. The third-order valence-electron chi connectivity index (χ3n) is 3.55. The largest absolute Gasteiger partial charge is 0.339 e. The first-order valence-electron chi connectivity index (χ1n) is 6.86. The zero-order chi connectivity index (χ0) is 14.2. The van der Waals surface area contributed by atoms with E-state index in [-0.39, 0.29) is 11.3 Å². The van der Waals surface area contributed by atoms with Crippen LogP contribution in [0.3, 0.4) is 0 Å². The van der Waals surface area contributed by atoms with Crippen molar-refractivity contribution in [2.45, 2.75) is 34.6 Å². The van der Waals surface area contributed by atoms with Crippen molar-refractivity contribution in [2.24, 2.45) is 5.41 Å². The lowest BCUT2D eigenvalue weighted by Crippen LogP contribution is -2.55. The van der Waals surface area contributed by atoms with Gasteiger partial charge in [-0.3, -0.25) is 4.79 Å². The molecule has 2 heterocycles. The second-order valence-corrected chi connectivity index (χ2v) is 6.25. The number of rotatable bonds is 1. The van der Waals surface area contributed by atoms with Gasteiger partial charge in [-0.15, -0.1) is 0 Å². The van der Waals surface area contributed by atoms with Crippen molar-refractivity contribution in [2.75, 3.05) is 31.2 Å². The van der Waals surface area contributed by atoms with Crippen LogP contribution in [0.5, 0.6) is 0 Å². The molecule has 0 aliphatic carbocycles. The van der Waals surface area contributed by atoms with Crippen molar-refractivity contribution >= 4 is 5.91 Å². The Labute approximate surface area is 115 Å². The summed E-state index contributed by atoms with van der Waals surface area (Å²) in [6.07, 6.45) is 1.89. The first-order chi connectivity index (χ1) is 8.80. The molecule has 1 amide bonds. The maximum Gasteiger partial charge on any atom is 0.228 e. The molecule has 0 radical (unpaired) electrons. The number of imidazole rings is 1. The Balaban J connectivity index is 2.02.